The van der Waals surface area contributed by atoms with Crippen molar-refractivity contribution in [3.05, 3.63) is 53.6 Å². The molecule has 1 rings (SSSR count). The van der Waals surface area contributed by atoms with Gasteiger partial charge in [0.05, 0.1) is 0 Å². The van der Waals surface area contributed by atoms with Crippen molar-refractivity contribution >= 4 is 6.08 Å². The van der Waals surface area contributed by atoms with Crippen molar-refractivity contribution in [1.82, 2.24) is 5.32 Å². The molecular weight excluding hydrogens is 194 g/mol. The molecule has 16 heavy (non-hydrogen) atoms. The predicted octanol–water partition coefficient (Wildman–Crippen LogP) is 3.65. The van der Waals surface area contributed by atoms with Crippen LogP contribution in [0.15, 0.2) is 48.1 Å². The van der Waals surface area contributed by atoms with Gasteiger partial charge < -0.3 is 5.32 Å². The van der Waals surface area contributed by atoms with Crippen LogP contribution in [0, 0.1) is 0 Å². The van der Waals surface area contributed by atoms with E-state index in [0.717, 1.165) is 19.5 Å². The molecule has 0 saturated heterocycles. The average molecular weight is 215 g/mol. The Labute approximate surface area is 98.9 Å². The van der Waals surface area contributed by atoms with Crippen molar-refractivity contribution in [1.29, 1.82) is 0 Å². The zero-order valence-electron chi connectivity index (χ0n) is 10.2. The van der Waals surface area contributed by atoms with Crippen molar-refractivity contribution in [2.75, 3.05) is 13.1 Å². The third-order valence-electron chi connectivity index (χ3n) is 2.48. The van der Waals surface area contributed by atoms with E-state index in [1.165, 1.54) is 11.1 Å². The van der Waals surface area contributed by atoms with Crippen LogP contribution >= 0.6 is 0 Å². The Morgan fingerprint density at radius 2 is 1.94 bits per heavy atom. The fourth-order valence-electron chi connectivity index (χ4n) is 1.45. The van der Waals surface area contributed by atoms with E-state index in [1.54, 1.807) is 0 Å². The van der Waals surface area contributed by atoms with E-state index >= 15 is 0 Å². The molecule has 0 aliphatic carbocycles. The minimum absolute atomic E-state index is 0.992. The zero-order chi connectivity index (χ0) is 11.6. The molecule has 0 aliphatic rings. The van der Waals surface area contributed by atoms with Gasteiger partial charge in [-0.15, -0.1) is 0 Å². The Morgan fingerprint density at radius 1 is 1.19 bits per heavy atom. The van der Waals surface area contributed by atoms with Crippen LogP contribution in [0.5, 0.6) is 0 Å². The van der Waals surface area contributed by atoms with Gasteiger partial charge in [-0.05, 0) is 18.5 Å². The number of likely N-dealkylation sites (N-methyl/N-ethyl adjacent to an activating group) is 1. The highest BCUT2D eigenvalue weighted by Crippen LogP contribution is 2.03. The highest BCUT2D eigenvalue weighted by molar-refractivity contribution is 5.50. The molecule has 0 atom stereocenters. The van der Waals surface area contributed by atoms with Crippen LogP contribution in [0.25, 0.3) is 6.08 Å². The van der Waals surface area contributed by atoms with Crippen LogP contribution in [0.1, 0.15) is 25.8 Å². The Bertz CT molecular complexity index is 336. The van der Waals surface area contributed by atoms with E-state index in [1.807, 2.05) is 6.07 Å². The first-order valence-corrected chi connectivity index (χ1v) is 5.98. The van der Waals surface area contributed by atoms with E-state index < -0.39 is 0 Å². The Kier molecular flexibility index (Phi) is 6.28. The summed E-state index contributed by atoms with van der Waals surface area (Å²) in [7, 11) is 0. The molecule has 0 spiro atoms. The largest absolute Gasteiger partial charge is 0.313 e. The van der Waals surface area contributed by atoms with Gasteiger partial charge in [0.25, 0.3) is 0 Å². The first kappa shape index (κ1) is 12.7. The second-order valence-electron chi connectivity index (χ2n) is 3.73. The van der Waals surface area contributed by atoms with Gasteiger partial charge in [-0.2, -0.15) is 0 Å². The summed E-state index contributed by atoms with van der Waals surface area (Å²) in [6.45, 7) is 6.35. The van der Waals surface area contributed by atoms with Gasteiger partial charge in [0.2, 0.25) is 0 Å². The second-order valence-corrected chi connectivity index (χ2v) is 3.73. The van der Waals surface area contributed by atoms with Gasteiger partial charge in [0.15, 0.2) is 0 Å². The van der Waals surface area contributed by atoms with Gasteiger partial charge >= 0.3 is 0 Å². The molecule has 0 amide bonds. The summed E-state index contributed by atoms with van der Waals surface area (Å²) in [5.41, 5.74) is 2.69. The summed E-state index contributed by atoms with van der Waals surface area (Å²) in [6, 6.07) is 10.4. The summed E-state index contributed by atoms with van der Waals surface area (Å²) in [6.07, 6.45) is 7.58. The van der Waals surface area contributed by atoms with Gasteiger partial charge in [-0.1, -0.05) is 68.0 Å². The third kappa shape index (κ3) is 4.94. The molecule has 1 aromatic rings. The topological polar surface area (TPSA) is 12.0 Å². The van der Waals surface area contributed by atoms with Crippen molar-refractivity contribution < 1.29 is 0 Å². The van der Waals surface area contributed by atoms with Gasteiger partial charge in [0, 0.05) is 6.54 Å². The Morgan fingerprint density at radius 3 is 2.56 bits per heavy atom. The number of allylic oxidation sites excluding steroid dienone is 2. The first-order valence-electron chi connectivity index (χ1n) is 5.98. The normalized spacial score (nSPS) is 12.2. The SMILES string of the molecule is CCNCC(=CC=Cc1ccccc1)CC. The summed E-state index contributed by atoms with van der Waals surface area (Å²) in [5, 5.41) is 3.35. The van der Waals surface area contributed by atoms with Crippen LogP contribution in [0.2, 0.25) is 0 Å². The number of hydrogen-bond acceptors (Lipinski definition) is 1. The Hall–Kier alpha value is -1.34. The second kappa shape index (κ2) is 7.89. The lowest BCUT2D eigenvalue weighted by Gasteiger charge is -2.03. The maximum Gasteiger partial charge on any atom is 0.0167 e. The molecule has 0 aliphatic heterocycles. The van der Waals surface area contributed by atoms with Crippen molar-refractivity contribution in [3.8, 4) is 0 Å². The van der Waals surface area contributed by atoms with Crippen molar-refractivity contribution in [2.24, 2.45) is 0 Å². The molecule has 0 heterocycles. The fourth-order valence-corrected chi connectivity index (χ4v) is 1.45. The van der Waals surface area contributed by atoms with Crippen molar-refractivity contribution in [2.45, 2.75) is 20.3 Å². The smallest absolute Gasteiger partial charge is 0.0167 e. The van der Waals surface area contributed by atoms with E-state index in [4.69, 9.17) is 0 Å². The van der Waals surface area contributed by atoms with Crippen LogP contribution in [-0.4, -0.2) is 13.1 Å². The molecule has 86 valence electrons. The molecule has 0 radical (unpaired) electrons. The maximum atomic E-state index is 3.35. The van der Waals surface area contributed by atoms with E-state index in [2.05, 4.69) is 61.7 Å². The predicted molar refractivity (Wildman–Crippen MR) is 72.4 cm³/mol. The molecule has 0 unspecified atom stereocenters. The molecule has 1 heteroatoms. The lowest BCUT2D eigenvalue weighted by molar-refractivity contribution is 0.759. The molecule has 0 saturated carbocycles. The van der Waals surface area contributed by atoms with Gasteiger partial charge in [-0.25, -0.2) is 0 Å². The zero-order valence-corrected chi connectivity index (χ0v) is 10.2. The fraction of sp³-hybridized carbons (Fsp3) is 0.333. The highest BCUT2D eigenvalue weighted by atomic mass is 14.8. The first-order chi connectivity index (χ1) is 7.86. The molecular formula is C15H21N. The van der Waals surface area contributed by atoms with Gasteiger partial charge in [0.1, 0.15) is 0 Å². The van der Waals surface area contributed by atoms with Crippen LogP contribution < -0.4 is 5.32 Å². The number of nitrogens with one attached hydrogen (secondary N) is 1. The highest BCUT2D eigenvalue weighted by Gasteiger charge is 1.90. The molecule has 0 fully saturated rings. The Balaban J connectivity index is 2.52. The summed E-state index contributed by atoms with van der Waals surface area (Å²) < 4.78 is 0. The van der Waals surface area contributed by atoms with E-state index in [-0.39, 0.29) is 0 Å². The standard InChI is InChI=1S/C15H21N/c1-3-14(13-16-4-2)11-8-12-15-9-6-5-7-10-15/h5-12,16H,3-4,13H2,1-2H3. The quantitative estimate of drug-likeness (QED) is 0.714. The van der Waals surface area contributed by atoms with Gasteiger partial charge in [-0.3, -0.25) is 0 Å². The number of benzene rings is 1. The summed E-state index contributed by atoms with van der Waals surface area (Å²) >= 11 is 0. The van der Waals surface area contributed by atoms with E-state index in [0.29, 0.717) is 0 Å². The number of hydrogen-bond donors (Lipinski definition) is 1. The van der Waals surface area contributed by atoms with Crippen LogP contribution in [-0.2, 0) is 0 Å². The minimum Gasteiger partial charge on any atom is -0.313 e. The van der Waals surface area contributed by atoms with E-state index in [9.17, 15) is 0 Å². The third-order valence-corrected chi connectivity index (χ3v) is 2.48. The van der Waals surface area contributed by atoms with Crippen LogP contribution in [0.3, 0.4) is 0 Å². The lowest BCUT2D eigenvalue weighted by atomic mass is 10.1. The minimum atomic E-state index is 0.992. The van der Waals surface area contributed by atoms with Crippen molar-refractivity contribution in [3.63, 3.8) is 0 Å². The summed E-state index contributed by atoms with van der Waals surface area (Å²) in [4.78, 5) is 0. The maximum absolute atomic E-state index is 3.35. The summed E-state index contributed by atoms with van der Waals surface area (Å²) in [5.74, 6) is 0. The molecule has 0 bridgehead atoms. The molecule has 0 aromatic heterocycles. The van der Waals surface area contributed by atoms with Crippen LogP contribution in [0.4, 0.5) is 0 Å². The monoisotopic (exact) mass is 215 g/mol. The number of rotatable bonds is 6. The molecule has 1 aromatic carbocycles. The lowest BCUT2D eigenvalue weighted by Crippen LogP contribution is -2.15. The molecule has 1 N–H and O–H groups in total. The molecule has 1 nitrogen and oxygen atoms in total. The average Bonchev–Trinajstić information content (AvgIpc) is 2.35.